The van der Waals surface area contributed by atoms with E-state index >= 15 is 0 Å². The second kappa shape index (κ2) is 44.0. The average molecular weight is 1810 g/mol. The fraction of sp³-hybridized carbons (Fsp3) is 0.429. The lowest BCUT2D eigenvalue weighted by atomic mass is 9.98. The van der Waals surface area contributed by atoms with Crippen molar-refractivity contribution in [3.8, 4) is 62.1 Å². The van der Waals surface area contributed by atoms with E-state index in [1.165, 1.54) is 13.8 Å². The Hall–Kier alpha value is -13.2. The summed E-state index contributed by atoms with van der Waals surface area (Å²) < 4.78 is 121. The van der Waals surface area contributed by atoms with E-state index < -0.39 is 192 Å². The lowest BCUT2D eigenvalue weighted by Crippen LogP contribution is -2.63. The first-order valence-electron chi connectivity index (χ1n) is 41.1. The first-order valence-corrected chi connectivity index (χ1v) is 44.6. The fourth-order valence-corrected chi connectivity index (χ4v) is 15.1. The molecule has 8 bridgehead atoms. The van der Waals surface area contributed by atoms with Gasteiger partial charge in [0, 0.05) is 116 Å². The maximum atomic E-state index is 12.6. The summed E-state index contributed by atoms with van der Waals surface area (Å²) in [6.07, 6.45) is -13.4. The topological polar surface area (TPSA) is 456 Å². The minimum atomic E-state index is -2.10. The molecule has 5 aliphatic rings. The highest BCUT2D eigenvalue weighted by molar-refractivity contribution is 6.84. The van der Waals surface area contributed by atoms with Gasteiger partial charge in [-0.2, -0.15) is 0 Å². The van der Waals surface area contributed by atoms with E-state index in [2.05, 4.69) is 41.1 Å². The molecule has 11 rings (SSSR count). The van der Waals surface area contributed by atoms with E-state index in [-0.39, 0.29) is 39.6 Å². The van der Waals surface area contributed by atoms with Gasteiger partial charge >= 0.3 is 71.6 Å². The van der Waals surface area contributed by atoms with E-state index in [9.17, 15) is 57.5 Å². The van der Waals surface area contributed by atoms with Crippen LogP contribution in [0.4, 0.5) is 0 Å². The van der Waals surface area contributed by atoms with Crippen LogP contribution >= 0.6 is 0 Å². The van der Waals surface area contributed by atoms with Gasteiger partial charge in [0.15, 0.2) is 73.8 Å². The Morgan fingerprint density at radius 1 is 0.310 bits per heavy atom. The number of fused-ring (bicyclic) bond motifs is 8. The second-order valence-electron chi connectivity index (χ2n) is 30.9. The van der Waals surface area contributed by atoms with Crippen molar-refractivity contribution in [2.75, 3.05) is 59.5 Å². The molecular weight excluding hydrogens is 1710 g/mol. The van der Waals surface area contributed by atoms with Crippen LogP contribution in [0.5, 0.6) is 17.2 Å². The summed E-state index contributed by atoms with van der Waals surface area (Å²) in [5.41, 5.74) is 12.8. The van der Waals surface area contributed by atoms with E-state index in [1.807, 2.05) is 85.0 Å². The van der Waals surface area contributed by atoms with Crippen LogP contribution < -0.4 is 14.2 Å². The first-order chi connectivity index (χ1) is 61.4. The molecule has 37 nitrogen and oxygen atoms in total. The lowest BCUT2D eigenvalue weighted by Gasteiger charge is -2.44. The molecule has 3 fully saturated rings. The van der Waals surface area contributed by atoms with Gasteiger partial charge in [-0.05, 0) is 102 Å². The molecule has 3 aromatic heterocycles. The van der Waals surface area contributed by atoms with Gasteiger partial charge in [-0.3, -0.25) is 57.5 Å². The number of ether oxygens (including phenoxy) is 21. The van der Waals surface area contributed by atoms with Crippen LogP contribution in [0.2, 0.25) is 19.6 Å². The number of benzene rings is 3. The molecule has 0 radical (unpaired) electrons. The number of hydrogen-bond acceptors (Lipinski definition) is 35. The van der Waals surface area contributed by atoms with Crippen molar-refractivity contribution in [2.24, 2.45) is 0 Å². The number of esters is 12. The number of nitrogens with one attached hydrogen (secondary N) is 2. The largest absolute Gasteiger partial charge is 0.491 e. The summed E-state index contributed by atoms with van der Waals surface area (Å²) in [5.74, 6) is -4.57. The van der Waals surface area contributed by atoms with Crippen molar-refractivity contribution in [3.63, 3.8) is 0 Å². The number of H-pyrrole nitrogens is 2. The molecule has 0 spiro atoms. The van der Waals surface area contributed by atoms with Crippen molar-refractivity contribution in [1.29, 1.82) is 0 Å². The Labute approximate surface area is 741 Å². The van der Waals surface area contributed by atoms with E-state index in [1.54, 1.807) is 36.4 Å². The molecule has 0 amide bonds. The second-order valence-corrected chi connectivity index (χ2v) is 35.7. The highest BCUT2D eigenvalue weighted by atomic mass is 28.3. The summed E-state index contributed by atoms with van der Waals surface area (Å²) in [6.45, 7) is 17.6. The monoisotopic (exact) mass is 1800 g/mol. The third-order valence-corrected chi connectivity index (χ3v) is 20.4. The zero-order valence-corrected chi connectivity index (χ0v) is 74.4. The number of nitrogens with zero attached hydrogens (tertiary/aromatic N) is 2. The van der Waals surface area contributed by atoms with Crippen LogP contribution in [-0.4, -0.2) is 251 Å². The Morgan fingerprint density at radius 2 is 0.558 bits per heavy atom. The van der Waals surface area contributed by atoms with E-state index in [0.717, 1.165) is 69.2 Å². The third kappa shape index (κ3) is 26.5. The number of carbonyl (C=O) groups excluding carboxylic acids is 12. The van der Waals surface area contributed by atoms with Crippen molar-refractivity contribution in [1.82, 2.24) is 19.9 Å². The van der Waals surface area contributed by atoms with Crippen molar-refractivity contribution >= 4 is 126 Å². The summed E-state index contributed by atoms with van der Waals surface area (Å²) in [4.78, 5) is 167. The van der Waals surface area contributed by atoms with Crippen LogP contribution in [0.25, 0.3) is 79.8 Å². The Morgan fingerprint density at radius 3 is 0.829 bits per heavy atom. The summed E-state index contributed by atoms with van der Waals surface area (Å²) >= 11 is 0. The van der Waals surface area contributed by atoms with Gasteiger partial charge in [0.25, 0.3) is 0 Å². The summed E-state index contributed by atoms with van der Waals surface area (Å²) in [6, 6.07) is 29.3. The minimum absolute atomic E-state index is 0.110. The summed E-state index contributed by atoms with van der Waals surface area (Å²) in [7, 11) is -2.10. The molecule has 3 aromatic carbocycles. The predicted octanol–water partition coefficient (Wildman–Crippen LogP) is 9.32. The zero-order valence-electron chi connectivity index (χ0n) is 73.4. The fourth-order valence-electron chi connectivity index (χ4n) is 14.6. The van der Waals surface area contributed by atoms with Gasteiger partial charge in [0.1, 0.15) is 83.3 Å². The van der Waals surface area contributed by atoms with Crippen LogP contribution in [0.15, 0.2) is 97.1 Å². The molecule has 686 valence electrons. The van der Waals surface area contributed by atoms with Gasteiger partial charge in [-0.15, -0.1) is 5.54 Å². The highest BCUT2D eigenvalue weighted by Crippen LogP contribution is 2.41. The molecule has 2 N–H and O–H groups in total. The molecule has 3 saturated heterocycles. The molecule has 0 aliphatic carbocycles. The Bertz CT molecular complexity index is 5310. The SMILES string of the molecule is CC(=O)OC[C@H]1O[C@H](OCCOc2ccc(-c3c4nc(c(-c5ccc(OCCO[C@H]6O[C@H](COC(C)=O)[C@@H](OC(C)=O)[C@H](OC(C)=O)[C@@H]6OC(C)=O)cc5)c5ccc([nH]5)c(-c5ccc(OCCO[C@H]6O[C@H](COC(C)=O)[C@@H](OC(C)=O)[C@H](OC(C)=O)[C@@H]6OC(C)=O)cc5)c5nc(c(C#C[Si](C)(C)C)c6ccc3[nH]6)C=C5)C=C4)cc2)[C@@H](OC(C)=O)[C@@H](OC(C)=O)[C@@H]1OC(C)=O. The zero-order chi connectivity index (χ0) is 93.1. The molecule has 129 heavy (non-hydrogen) atoms. The smallest absolute Gasteiger partial charge is 0.303 e. The van der Waals surface area contributed by atoms with E-state index in [0.29, 0.717) is 101 Å². The van der Waals surface area contributed by atoms with Gasteiger partial charge in [0.2, 0.25) is 0 Å². The highest BCUT2D eigenvalue weighted by Gasteiger charge is 2.56. The number of hydrogen-bond donors (Lipinski definition) is 2. The maximum Gasteiger partial charge on any atom is 0.303 e. The van der Waals surface area contributed by atoms with Crippen LogP contribution in [0.3, 0.4) is 0 Å². The standard InChI is InChI=1S/C91H100N4O33Si/c1-47(96)114-44-74-80(117-50(4)99)83(120-53(7)102)86(123-56(10)105)89(126-74)111-40-37-108-62-22-16-59(17-23-62)77-68-30-28-66(92-68)65(36-43-129(13,14)15)67-29-31-69(93-67)78(60-18-24-63(25-19-60)109-38-41-112-90-87(124-57(11)106)84(121-54(8)103)81(118-51(5)100)75(127-90)45-115-48(2)97)71-33-35-73(95-71)79(72-34-32-70(77)94-72)61-20-26-64(27-21-61)110-39-42-113-91-88(125-58(12)107)85(122-55(9)104)82(119-52(6)101)76(128-91)46-116-49(3)98/h16-35,74-76,80-92,95H,37-42,44-46H2,1-15H3/t74-,75-,76-,80-,81-,82-,83+,84+,85+,86+,87+,88+,89+,90+,91+/m1/s1. The average Bonchev–Trinajstić information content (AvgIpc) is 1.68. The van der Waals surface area contributed by atoms with Crippen LogP contribution in [-0.2, 0) is 143 Å². The Balaban J connectivity index is 0.953. The molecule has 6 aromatic rings. The van der Waals surface area contributed by atoms with Gasteiger partial charge < -0.3 is 109 Å². The normalized spacial score (nSPS) is 22.1. The molecule has 0 unspecified atom stereocenters. The van der Waals surface area contributed by atoms with Crippen molar-refractivity contribution < 1.29 is 157 Å². The molecule has 0 saturated carbocycles. The molecule has 8 heterocycles. The van der Waals surface area contributed by atoms with Crippen molar-refractivity contribution in [3.05, 3.63) is 125 Å². The quantitative estimate of drug-likeness (QED) is 0.0127. The Kier molecular flexibility index (Phi) is 32.9. The number of aromatic amines is 2. The molecule has 5 aliphatic heterocycles. The van der Waals surface area contributed by atoms with Gasteiger partial charge in [0.05, 0.1) is 53.7 Å². The van der Waals surface area contributed by atoms with E-state index in [4.69, 9.17) is 109 Å². The van der Waals surface area contributed by atoms with Gasteiger partial charge in [-0.1, -0.05) is 62.0 Å². The van der Waals surface area contributed by atoms with Crippen molar-refractivity contribution in [2.45, 2.75) is 195 Å². The maximum absolute atomic E-state index is 12.6. The molecule has 38 heteroatoms. The first kappa shape index (κ1) is 96.5. The van der Waals surface area contributed by atoms with Gasteiger partial charge in [-0.25, -0.2) is 9.97 Å². The molecular formula is C91H100N4O33Si. The number of rotatable bonds is 33. The van der Waals surface area contributed by atoms with Crippen LogP contribution in [0, 0.1) is 11.5 Å². The number of carbonyl (C=O) groups is 12. The van der Waals surface area contributed by atoms with Crippen LogP contribution in [0.1, 0.15) is 111 Å². The molecule has 15 atom stereocenters. The minimum Gasteiger partial charge on any atom is -0.491 e. The lowest BCUT2D eigenvalue weighted by molar-refractivity contribution is -0.308. The number of aromatic nitrogens is 4. The third-order valence-electron chi connectivity index (χ3n) is 19.5. The predicted molar refractivity (Wildman–Crippen MR) is 456 cm³/mol. The summed E-state index contributed by atoms with van der Waals surface area (Å²) in [5, 5.41) is 0.